The van der Waals surface area contributed by atoms with Crippen LogP contribution in [0.5, 0.6) is 0 Å². The molecule has 3 heteroatoms. The lowest BCUT2D eigenvalue weighted by atomic mass is 9.87. The highest BCUT2D eigenvalue weighted by Crippen LogP contribution is 2.39. The number of rotatable bonds is 0. The van der Waals surface area contributed by atoms with E-state index in [4.69, 9.17) is 0 Å². The summed E-state index contributed by atoms with van der Waals surface area (Å²) in [4.78, 5) is 1.36. The third kappa shape index (κ3) is 2.51. The molecular weight excluding hydrogens is 270 g/mol. The Kier molecular flexibility index (Phi) is 3.04. The first-order valence-electron chi connectivity index (χ1n) is 5.16. The molecule has 1 aromatic rings. The third-order valence-electron chi connectivity index (χ3n) is 2.72. The van der Waals surface area contributed by atoms with Gasteiger partial charge in [-0.15, -0.1) is 11.8 Å². The van der Waals surface area contributed by atoms with Crippen molar-refractivity contribution in [1.29, 1.82) is 0 Å². The molecule has 1 unspecified atom stereocenters. The van der Waals surface area contributed by atoms with Gasteiger partial charge in [0.15, 0.2) is 0 Å². The lowest BCUT2D eigenvalue weighted by Gasteiger charge is -2.36. The average Bonchev–Trinajstić information content (AvgIpc) is 2.15. The molecule has 15 heavy (non-hydrogen) atoms. The van der Waals surface area contributed by atoms with Gasteiger partial charge in [0.25, 0.3) is 0 Å². The van der Waals surface area contributed by atoms with E-state index in [0.717, 1.165) is 10.2 Å². The van der Waals surface area contributed by atoms with Crippen LogP contribution in [0.15, 0.2) is 27.6 Å². The van der Waals surface area contributed by atoms with E-state index in [1.54, 1.807) is 0 Å². The highest BCUT2D eigenvalue weighted by molar-refractivity contribution is 9.10. The van der Waals surface area contributed by atoms with E-state index in [9.17, 15) is 0 Å². The summed E-state index contributed by atoms with van der Waals surface area (Å²) < 4.78 is 1.14. The Hall–Kier alpha value is -0.150. The van der Waals surface area contributed by atoms with Crippen LogP contribution in [0.2, 0.25) is 0 Å². The van der Waals surface area contributed by atoms with E-state index in [1.165, 1.54) is 10.6 Å². The van der Waals surface area contributed by atoms with Gasteiger partial charge in [0.2, 0.25) is 0 Å². The summed E-state index contributed by atoms with van der Waals surface area (Å²) >= 11 is 5.46. The van der Waals surface area contributed by atoms with Crippen LogP contribution in [-0.2, 0) is 0 Å². The minimum absolute atomic E-state index is 0.313. The minimum Gasteiger partial charge on any atom is -0.380 e. The maximum absolute atomic E-state index is 3.63. The summed E-state index contributed by atoms with van der Waals surface area (Å²) in [5.74, 6) is 1.15. The van der Waals surface area contributed by atoms with Crippen LogP contribution < -0.4 is 5.32 Å². The molecular formula is C12H16BrNS. The summed E-state index contributed by atoms with van der Waals surface area (Å²) in [6.07, 6.45) is 0. The molecule has 0 bridgehead atoms. The number of halogens is 1. The van der Waals surface area contributed by atoms with Crippen molar-refractivity contribution in [3.05, 3.63) is 22.7 Å². The maximum Gasteiger partial charge on any atom is 0.0492 e. The SMILES string of the molecule is CC(C)(C)C1CSc2ccc(Br)cc2N1. The molecule has 1 aromatic carbocycles. The van der Waals surface area contributed by atoms with Gasteiger partial charge in [0, 0.05) is 26.9 Å². The van der Waals surface area contributed by atoms with Crippen LogP contribution in [0.1, 0.15) is 20.8 Å². The number of fused-ring (bicyclic) bond motifs is 1. The second-order valence-electron chi connectivity index (χ2n) is 5.01. The van der Waals surface area contributed by atoms with Crippen molar-refractivity contribution in [2.24, 2.45) is 5.41 Å². The topological polar surface area (TPSA) is 12.0 Å². The zero-order chi connectivity index (χ0) is 11.1. The fourth-order valence-corrected chi connectivity index (χ4v) is 3.34. The smallest absolute Gasteiger partial charge is 0.0492 e. The molecule has 0 saturated heterocycles. The van der Waals surface area contributed by atoms with Crippen molar-refractivity contribution in [2.45, 2.75) is 31.7 Å². The number of thioether (sulfide) groups is 1. The molecule has 0 saturated carbocycles. The zero-order valence-corrected chi connectivity index (χ0v) is 11.7. The Morgan fingerprint density at radius 1 is 1.40 bits per heavy atom. The van der Waals surface area contributed by atoms with Crippen molar-refractivity contribution in [3.8, 4) is 0 Å². The molecule has 0 fully saturated rings. The minimum atomic E-state index is 0.313. The average molecular weight is 286 g/mol. The summed E-state index contributed by atoms with van der Waals surface area (Å²) in [6, 6.07) is 6.99. The first-order valence-corrected chi connectivity index (χ1v) is 6.93. The molecule has 0 spiro atoms. The van der Waals surface area contributed by atoms with Gasteiger partial charge < -0.3 is 5.32 Å². The predicted octanol–water partition coefficient (Wildman–Crippen LogP) is 4.38. The molecule has 1 nitrogen and oxygen atoms in total. The zero-order valence-electron chi connectivity index (χ0n) is 9.30. The van der Waals surface area contributed by atoms with Crippen molar-refractivity contribution >= 4 is 33.4 Å². The highest BCUT2D eigenvalue weighted by atomic mass is 79.9. The fourth-order valence-electron chi connectivity index (χ4n) is 1.61. The molecule has 0 aliphatic carbocycles. The second kappa shape index (κ2) is 4.02. The lowest BCUT2D eigenvalue weighted by Crippen LogP contribution is -2.38. The van der Waals surface area contributed by atoms with Gasteiger partial charge >= 0.3 is 0 Å². The monoisotopic (exact) mass is 285 g/mol. The van der Waals surface area contributed by atoms with Gasteiger partial charge in [-0.25, -0.2) is 0 Å². The second-order valence-corrected chi connectivity index (χ2v) is 6.99. The largest absolute Gasteiger partial charge is 0.380 e. The number of hydrogen-bond donors (Lipinski definition) is 1. The molecule has 0 aromatic heterocycles. The summed E-state index contributed by atoms with van der Waals surface area (Å²) in [5.41, 5.74) is 1.58. The quantitative estimate of drug-likeness (QED) is 0.759. The first-order chi connectivity index (χ1) is 6.97. The molecule has 1 heterocycles. The molecule has 0 radical (unpaired) electrons. The van der Waals surface area contributed by atoms with Crippen LogP contribution >= 0.6 is 27.7 Å². The van der Waals surface area contributed by atoms with Crippen molar-refractivity contribution in [1.82, 2.24) is 0 Å². The van der Waals surface area contributed by atoms with Crippen LogP contribution in [0.25, 0.3) is 0 Å². The fraction of sp³-hybridized carbons (Fsp3) is 0.500. The number of nitrogens with one attached hydrogen (secondary N) is 1. The summed E-state index contributed by atoms with van der Waals surface area (Å²) in [6.45, 7) is 6.86. The van der Waals surface area contributed by atoms with Crippen LogP contribution in [0, 0.1) is 5.41 Å². The number of hydrogen-bond acceptors (Lipinski definition) is 2. The number of benzene rings is 1. The summed E-state index contributed by atoms with van der Waals surface area (Å²) in [5, 5.41) is 3.63. The van der Waals surface area contributed by atoms with Crippen molar-refractivity contribution in [2.75, 3.05) is 11.1 Å². The Morgan fingerprint density at radius 2 is 2.13 bits per heavy atom. The van der Waals surface area contributed by atoms with Crippen LogP contribution in [-0.4, -0.2) is 11.8 Å². The van der Waals surface area contributed by atoms with E-state index >= 15 is 0 Å². The molecule has 1 atom stereocenters. The van der Waals surface area contributed by atoms with E-state index in [1.807, 2.05) is 11.8 Å². The Balaban J connectivity index is 2.26. The molecule has 1 aliphatic rings. The molecule has 82 valence electrons. The lowest BCUT2D eigenvalue weighted by molar-refractivity contribution is 0.362. The molecule has 0 amide bonds. The first kappa shape index (κ1) is 11.3. The van der Waals surface area contributed by atoms with Gasteiger partial charge in [0.1, 0.15) is 0 Å². The van der Waals surface area contributed by atoms with Crippen molar-refractivity contribution < 1.29 is 0 Å². The van der Waals surface area contributed by atoms with Gasteiger partial charge in [0.05, 0.1) is 0 Å². The van der Waals surface area contributed by atoms with E-state index in [2.05, 4.69) is 60.2 Å². The van der Waals surface area contributed by atoms with Crippen LogP contribution in [0.4, 0.5) is 5.69 Å². The highest BCUT2D eigenvalue weighted by Gasteiger charge is 2.28. The van der Waals surface area contributed by atoms with E-state index in [-0.39, 0.29) is 0 Å². The standard InChI is InChI=1S/C12H16BrNS/c1-12(2,3)11-7-15-10-5-4-8(13)6-9(10)14-11/h4-6,11,14H,7H2,1-3H3. The predicted molar refractivity (Wildman–Crippen MR) is 71.7 cm³/mol. The molecule has 2 rings (SSSR count). The van der Waals surface area contributed by atoms with Gasteiger partial charge in [-0.05, 0) is 23.6 Å². The van der Waals surface area contributed by atoms with Gasteiger partial charge in [-0.2, -0.15) is 0 Å². The summed E-state index contributed by atoms with van der Waals surface area (Å²) in [7, 11) is 0. The van der Waals surface area contributed by atoms with Gasteiger partial charge in [-0.3, -0.25) is 0 Å². The van der Waals surface area contributed by atoms with Gasteiger partial charge in [-0.1, -0.05) is 36.7 Å². The molecule has 1 aliphatic heterocycles. The Morgan fingerprint density at radius 3 is 2.80 bits per heavy atom. The van der Waals surface area contributed by atoms with E-state index < -0.39 is 0 Å². The van der Waals surface area contributed by atoms with E-state index in [0.29, 0.717) is 11.5 Å². The normalized spacial score (nSPS) is 20.7. The van der Waals surface area contributed by atoms with Crippen LogP contribution in [0.3, 0.4) is 0 Å². The van der Waals surface area contributed by atoms with Crippen molar-refractivity contribution in [3.63, 3.8) is 0 Å². The molecule has 1 N–H and O–H groups in total. The Bertz CT molecular complexity index is 370. The number of anilines is 1. The Labute approximate surface area is 104 Å². The third-order valence-corrected chi connectivity index (χ3v) is 4.38. The maximum atomic E-state index is 3.63.